The monoisotopic (exact) mass is 275 g/mol. The van der Waals surface area contributed by atoms with Gasteiger partial charge in [0, 0.05) is 33.4 Å². The van der Waals surface area contributed by atoms with Crippen LogP contribution in [0, 0.1) is 0 Å². The molecule has 108 valence electrons. The molecule has 0 aliphatic carbocycles. The standard InChI is InChI=1S/C15H21N3O2/c1-18-12-17-11-14(18)10-16-9-13-3-5-15(6-4-13)20-8-7-19-2/h3-6,11-12,16H,7-10H2,1-2H3. The Morgan fingerprint density at radius 2 is 1.95 bits per heavy atom. The highest BCUT2D eigenvalue weighted by atomic mass is 16.5. The predicted octanol–water partition coefficient (Wildman–Crippen LogP) is 1.74. The Kier molecular flexibility index (Phi) is 5.58. The van der Waals surface area contributed by atoms with E-state index in [2.05, 4.69) is 22.4 Å². The molecule has 0 aliphatic heterocycles. The summed E-state index contributed by atoms with van der Waals surface area (Å²) in [5.41, 5.74) is 2.40. The van der Waals surface area contributed by atoms with Crippen LogP contribution in [0.15, 0.2) is 36.8 Å². The predicted molar refractivity (Wildman–Crippen MR) is 77.6 cm³/mol. The van der Waals surface area contributed by atoms with Crippen molar-refractivity contribution in [3.05, 3.63) is 48.0 Å². The maximum atomic E-state index is 5.52. The first-order valence-electron chi connectivity index (χ1n) is 6.66. The van der Waals surface area contributed by atoms with Gasteiger partial charge in [0.1, 0.15) is 12.4 Å². The van der Waals surface area contributed by atoms with Gasteiger partial charge in [0.2, 0.25) is 0 Å². The summed E-state index contributed by atoms with van der Waals surface area (Å²) in [6, 6.07) is 8.10. The van der Waals surface area contributed by atoms with Crippen LogP contribution in [0.5, 0.6) is 5.75 Å². The van der Waals surface area contributed by atoms with Crippen LogP contribution in [0.1, 0.15) is 11.3 Å². The van der Waals surface area contributed by atoms with Crippen molar-refractivity contribution in [2.24, 2.45) is 7.05 Å². The topological polar surface area (TPSA) is 48.3 Å². The lowest BCUT2D eigenvalue weighted by Gasteiger charge is -2.08. The van der Waals surface area contributed by atoms with E-state index in [0.717, 1.165) is 18.8 Å². The highest BCUT2D eigenvalue weighted by Crippen LogP contribution is 2.12. The second-order valence-electron chi connectivity index (χ2n) is 4.58. The number of aryl methyl sites for hydroxylation is 1. The summed E-state index contributed by atoms with van der Waals surface area (Å²) in [6.07, 6.45) is 3.68. The Balaban J connectivity index is 1.74. The lowest BCUT2D eigenvalue weighted by Crippen LogP contribution is -2.14. The highest BCUT2D eigenvalue weighted by Gasteiger charge is 1.99. The van der Waals surface area contributed by atoms with Gasteiger partial charge in [-0.2, -0.15) is 0 Å². The van der Waals surface area contributed by atoms with Crippen molar-refractivity contribution in [1.29, 1.82) is 0 Å². The molecule has 1 N–H and O–H groups in total. The molecular weight excluding hydrogens is 254 g/mol. The average molecular weight is 275 g/mol. The zero-order valence-electron chi connectivity index (χ0n) is 12.0. The van der Waals surface area contributed by atoms with E-state index >= 15 is 0 Å². The summed E-state index contributed by atoms with van der Waals surface area (Å²) in [5.74, 6) is 0.873. The number of ether oxygens (including phenoxy) is 2. The van der Waals surface area contributed by atoms with Gasteiger partial charge < -0.3 is 19.4 Å². The highest BCUT2D eigenvalue weighted by molar-refractivity contribution is 5.27. The molecule has 0 amide bonds. The number of nitrogens with zero attached hydrogens (tertiary/aromatic N) is 2. The lowest BCUT2D eigenvalue weighted by molar-refractivity contribution is 0.146. The molecule has 1 heterocycles. The molecule has 0 bridgehead atoms. The van der Waals surface area contributed by atoms with E-state index in [0.29, 0.717) is 13.2 Å². The molecule has 0 saturated heterocycles. The third-order valence-electron chi connectivity index (χ3n) is 3.03. The number of rotatable bonds is 8. The van der Waals surface area contributed by atoms with Crippen molar-refractivity contribution in [2.45, 2.75) is 13.1 Å². The van der Waals surface area contributed by atoms with Gasteiger partial charge in [-0.1, -0.05) is 12.1 Å². The Bertz CT molecular complexity index is 508. The zero-order chi connectivity index (χ0) is 14.2. The number of hydrogen-bond acceptors (Lipinski definition) is 4. The smallest absolute Gasteiger partial charge is 0.119 e. The number of benzene rings is 1. The second-order valence-corrected chi connectivity index (χ2v) is 4.58. The summed E-state index contributed by atoms with van der Waals surface area (Å²) in [6.45, 7) is 2.81. The van der Waals surface area contributed by atoms with Crippen LogP contribution in [-0.4, -0.2) is 29.9 Å². The van der Waals surface area contributed by atoms with Crippen molar-refractivity contribution < 1.29 is 9.47 Å². The van der Waals surface area contributed by atoms with Gasteiger partial charge in [0.15, 0.2) is 0 Å². The number of aromatic nitrogens is 2. The van der Waals surface area contributed by atoms with Crippen molar-refractivity contribution in [3.8, 4) is 5.75 Å². The molecule has 0 fully saturated rings. The SMILES string of the molecule is COCCOc1ccc(CNCc2cncn2C)cc1. The van der Waals surface area contributed by atoms with Crippen LogP contribution in [-0.2, 0) is 24.9 Å². The molecule has 20 heavy (non-hydrogen) atoms. The molecule has 0 spiro atoms. The molecule has 1 aromatic carbocycles. The molecule has 5 heteroatoms. The average Bonchev–Trinajstić information content (AvgIpc) is 2.87. The van der Waals surface area contributed by atoms with Gasteiger partial charge in [-0.25, -0.2) is 4.98 Å². The third-order valence-corrected chi connectivity index (χ3v) is 3.03. The lowest BCUT2D eigenvalue weighted by atomic mass is 10.2. The summed E-state index contributed by atoms with van der Waals surface area (Å²) < 4.78 is 12.5. The fourth-order valence-electron chi connectivity index (χ4n) is 1.84. The van der Waals surface area contributed by atoms with Gasteiger partial charge in [-0.05, 0) is 17.7 Å². The van der Waals surface area contributed by atoms with Crippen LogP contribution in [0.25, 0.3) is 0 Å². The van der Waals surface area contributed by atoms with Gasteiger partial charge in [0.05, 0.1) is 18.6 Å². The van der Waals surface area contributed by atoms with Gasteiger partial charge in [-0.3, -0.25) is 0 Å². The van der Waals surface area contributed by atoms with Crippen LogP contribution >= 0.6 is 0 Å². The van der Waals surface area contributed by atoms with Crippen LogP contribution in [0.3, 0.4) is 0 Å². The normalized spacial score (nSPS) is 10.7. The maximum absolute atomic E-state index is 5.52. The van der Waals surface area contributed by atoms with Crippen molar-refractivity contribution in [2.75, 3.05) is 20.3 Å². The van der Waals surface area contributed by atoms with E-state index in [-0.39, 0.29) is 0 Å². The van der Waals surface area contributed by atoms with E-state index in [1.165, 1.54) is 11.3 Å². The molecule has 5 nitrogen and oxygen atoms in total. The third kappa shape index (κ3) is 4.36. The van der Waals surface area contributed by atoms with Gasteiger partial charge >= 0.3 is 0 Å². The first-order chi connectivity index (χ1) is 9.79. The van der Waals surface area contributed by atoms with Crippen LogP contribution in [0.2, 0.25) is 0 Å². The van der Waals surface area contributed by atoms with E-state index in [9.17, 15) is 0 Å². The molecular formula is C15H21N3O2. The quantitative estimate of drug-likeness (QED) is 0.745. The molecule has 0 aliphatic rings. The molecule has 2 aromatic rings. The van der Waals surface area contributed by atoms with Gasteiger partial charge in [0.25, 0.3) is 0 Å². The van der Waals surface area contributed by atoms with Crippen molar-refractivity contribution in [1.82, 2.24) is 14.9 Å². The Morgan fingerprint density at radius 3 is 2.60 bits per heavy atom. The Hall–Kier alpha value is -1.85. The number of methoxy groups -OCH3 is 1. The van der Waals surface area contributed by atoms with Crippen molar-refractivity contribution in [3.63, 3.8) is 0 Å². The fourth-order valence-corrected chi connectivity index (χ4v) is 1.84. The van der Waals surface area contributed by atoms with E-state index in [1.807, 2.05) is 36.3 Å². The van der Waals surface area contributed by atoms with E-state index < -0.39 is 0 Å². The maximum Gasteiger partial charge on any atom is 0.119 e. The minimum atomic E-state index is 0.578. The molecule has 0 saturated carbocycles. The largest absolute Gasteiger partial charge is 0.491 e. The molecule has 0 radical (unpaired) electrons. The van der Waals surface area contributed by atoms with Crippen LogP contribution < -0.4 is 10.1 Å². The number of hydrogen-bond donors (Lipinski definition) is 1. The molecule has 2 rings (SSSR count). The van der Waals surface area contributed by atoms with E-state index in [4.69, 9.17) is 9.47 Å². The minimum absolute atomic E-state index is 0.578. The fraction of sp³-hybridized carbons (Fsp3) is 0.400. The van der Waals surface area contributed by atoms with Gasteiger partial charge in [-0.15, -0.1) is 0 Å². The summed E-state index contributed by atoms with van der Waals surface area (Å²) in [7, 11) is 3.66. The first kappa shape index (κ1) is 14.6. The first-order valence-corrected chi connectivity index (χ1v) is 6.66. The number of imidazole rings is 1. The summed E-state index contributed by atoms with van der Waals surface area (Å²) >= 11 is 0. The number of nitrogens with one attached hydrogen (secondary N) is 1. The van der Waals surface area contributed by atoms with E-state index in [1.54, 1.807) is 7.11 Å². The molecule has 1 aromatic heterocycles. The zero-order valence-corrected chi connectivity index (χ0v) is 12.0. The molecule has 0 atom stereocenters. The summed E-state index contributed by atoms with van der Waals surface area (Å²) in [5, 5.41) is 3.40. The Labute approximate surface area is 119 Å². The Morgan fingerprint density at radius 1 is 1.15 bits per heavy atom. The van der Waals surface area contributed by atoms with Crippen molar-refractivity contribution >= 4 is 0 Å². The summed E-state index contributed by atoms with van der Waals surface area (Å²) in [4.78, 5) is 4.09. The minimum Gasteiger partial charge on any atom is -0.491 e. The second kappa shape index (κ2) is 7.67. The van der Waals surface area contributed by atoms with Crippen LogP contribution in [0.4, 0.5) is 0 Å². The molecule has 0 unspecified atom stereocenters.